The monoisotopic (exact) mass is 275 g/mol. The van der Waals surface area contributed by atoms with E-state index in [4.69, 9.17) is 4.42 Å². The van der Waals surface area contributed by atoms with Crippen LogP contribution in [0, 0.1) is 11.2 Å². The van der Waals surface area contributed by atoms with Crippen LogP contribution in [0.25, 0.3) is 11.3 Å². The van der Waals surface area contributed by atoms with Crippen LogP contribution in [0.1, 0.15) is 33.0 Å². The first kappa shape index (κ1) is 14.8. The van der Waals surface area contributed by atoms with E-state index in [1.165, 1.54) is 12.1 Å². The molecule has 0 saturated carbocycles. The van der Waals surface area contributed by atoms with Gasteiger partial charge in [0.05, 0.1) is 6.54 Å². The van der Waals surface area contributed by atoms with E-state index in [9.17, 15) is 4.39 Å². The standard InChI is InChI=1S/C17H22FNO/c1-4-17(2,3)12-19-11-15-9-10-16(20-15)13-5-7-14(18)8-6-13/h5-10,19H,4,11-12H2,1-3H3. The topological polar surface area (TPSA) is 25.2 Å². The van der Waals surface area contributed by atoms with Crippen molar-refractivity contribution in [1.29, 1.82) is 0 Å². The Bertz CT molecular complexity index is 542. The number of nitrogens with one attached hydrogen (secondary N) is 1. The smallest absolute Gasteiger partial charge is 0.134 e. The van der Waals surface area contributed by atoms with Crippen molar-refractivity contribution in [2.75, 3.05) is 6.54 Å². The maximum atomic E-state index is 12.9. The SMILES string of the molecule is CCC(C)(C)CNCc1ccc(-c2ccc(F)cc2)o1. The summed E-state index contributed by atoms with van der Waals surface area (Å²) in [7, 11) is 0. The second-order valence-corrected chi connectivity index (χ2v) is 5.89. The van der Waals surface area contributed by atoms with E-state index >= 15 is 0 Å². The van der Waals surface area contributed by atoms with Crippen LogP contribution >= 0.6 is 0 Å². The predicted molar refractivity (Wildman–Crippen MR) is 79.9 cm³/mol. The van der Waals surface area contributed by atoms with Crippen molar-refractivity contribution >= 4 is 0 Å². The fourth-order valence-electron chi connectivity index (χ4n) is 1.89. The van der Waals surface area contributed by atoms with Crippen molar-refractivity contribution in [3.05, 3.63) is 48.0 Å². The molecule has 1 heterocycles. The highest BCUT2D eigenvalue weighted by molar-refractivity contribution is 5.57. The molecule has 0 radical (unpaired) electrons. The summed E-state index contributed by atoms with van der Waals surface area (Å²) in [4.78, 5) is 0. The molecule has 0 aliphatic rings. The molecule has 0 aliphatic heterocycles. The van der Waals surface area contributed by atoms with Crippen molar-refractivity contribution in [2.45, 2.75) is 33.7 Å². The second kappa shape index (κ2) is 6.23. The highest BCUT2D eigenvalue weighted by Crippen LogP contribution is 2.23. The van der Waals surface area contributed by atoms with Gasteiger partial charge in [0.25, 0.3) is 0 Å². The van der Waals surface area contributed by atoms with Crippen LogP contribution in [-0.4, -0.2) is 6.54 Å². The van der Waals surface area contributed by atoms with Gasteiger partial charge in [-0.25, -0.2) is 4.39 Å². The molecule has 2 aromatic rings. The van der Waals surface area contributed by atoms with E-state index in [1.807, 2.05) is 12.1 Å². The molecule has 3 heteroatoms. The zero-order chi connectivity index (χ0) is 14.6. The van der Waals surface area contributed by atoms with E-state index in [0.717, 1.165) is 30.0 Å². The Labute approximate surface area is 120 Å². The van der Waals surface area contributed by atoms with Crippen LogP contribution < -0.4 is 5.32 Å². The molecule has 0 unspecified atom stereocenters. The molecule has 2 rings (SSSR count). The molecule has 1 N–H and O–H groups in total. The molecular formula is C17H22FNO. The lowest BCUT2D eigenvalue weighted by Gasteiger charge is -2.22. The summed E-state index contributed by atoms with van der Waals surface area (Å²) in [5, 5.41) is 3.41. The first-order chi connectivity index (χ1) is 9.50. The number of furan rings is 1. The van der Waals surface area contributed by atoms with Crippen molar-refractivity contribution in [3.63, 3.8) is 0 Å². The molecule has 0 fully saturated rings. The first-order valence-electron chi connectivity index (χ1n) is 7.05. The molecule has 0 aliphatic carbocycles. The minimum Gasteiger partial charge on any atom is -0.460 e. The number of hydrogen-bond donors (Lipinski definition) is 1. The highest BCUT2D eigenvalue weighted by Gasteiger charge is 2.14. The molecule has 0 atom stereocenters. The highest BCUT2D eigenvalue weighted by atomic mass is 19.1. The minimum atomic E-state index is -0.232. The Kier molecular flexibility index (Phi) is 4.61. The van der Waals surface area contributed by atoms with Gasteiger partial charge in [0, 0.05) is 12.1 Å². The van der Waals surface area contributed by atoms with E-state index in [-0.39, 0.29) is 5.82 Å². The van der Waals surface area contributed by atoms with Gasteiger partial charge >= 0.3 is 0 Å². The summed E-state index contributed by atoms with van der Waals surface area (Å²) in [6, 6.07) is 10.2. The zero-order valence-electron chi connectivity index (χ0n) is 12.4. The average molecular weight is 275 g/mol. The minimum absolute atomic E-state index is 0.232. The lowest BCUT2D eigenvalue weighted by Crippen LogP contribution is -2.28. The van der Waals surface area contributed by atoms with Crippen LogP contribution in [0.15, 0.2) is 40.8 Å². The molecule has 1 aromatic heterocycles. The third kappa shape index (κ3) is 3.94. The van der Waals surface area contributed by atoms with Gasteiger partial charge in [0.1, 0.15) is 17.3 Å². The summed E-state index contributed by atoms with van der Waals surface area (Å²) in [5.41, 5.74) is 1.19. The number of halogens is 1. The molecule has 0 spiro atoms. The second-order valence-electron chi connectivity index (χ2n) is 5.89. The number of hydrogen-bond acceptors (Lipinski definition) is 2. The number of benzene rings is 1. The van der Waals surface area contributed by atoms with Gasteiger partial charge in [-0.3, -0.25) is 0 Å². The summed E-state index contributed by atoms with van der Waals surface area (Å²) < 4.78 is 18.7. The largest absolute Gasteiger partial charge is 0.460 e. The Morgan fingerprint density at radius 2 is 1.80 bits per heavy atom. The van der Waals surface area contributed by atoms with Crippen molar-refractivity contribution in [1.82, 2.24) is 5.32 Å². The summed E-state index contributed by atoms with van der Waals surface area (Å²) in [6.45, 7) is 8.35. The summed E-state index contributed by atoms with van der Waals surface area (Å²) >= 11 is 0. The van der Waals surface area contributed by atoms with Crippen molar-refractivity contribution in [2.24, 2.45) is 5.41 Å². The van der Waals surface area contributed by atoms with Crippen LogP contribution in [0.5, 0.6) is 0 Å². The fourth-order valence-corrected chi connectivity index (χ4v) is 1.89. The van der Waals surface area contributed by atoms with Gasteiger partial charge in [0.2, 0.25) is 0 Å². The van der Waals surface area contributed by atoms with Crippen molar-refractivity contribution in [3.8, 4) is 11.3 Å². The average Bonchev–Trinajstić information content (AvgIpc) is 2.88. The first-order valence-corrected chi connectivity index (χ1v) is 7.05. The molecular weight excluding hydrogens is 253 g/mol. The van der Waals surface area contributed by atoms with E-state index in [0.29, 0.717) is 12.0 Å². The van der Waals surface area contributed by atoms with Gasteiger partial charge in [0.15, 0.2) is 0 Å². The van der Waals surface area contributed by atoms with Crippen molar-refractivity contribution < 1.29 is 8.81 Å². The third-order valence-corrected chi connectivity index (χ3v) is 3.65. The fraction of sp³-hybridized carbons (Fsp3) is 0.412. The van der Waals surface area contributed by atoms with Crippen LogP contribution in [-0.2, 0) is 6.54 Å². The van der Waals surface area contributed by atoms with Crippen LogP contribution in [0.2, 0.25) is 0 Å². The lowest BCUT2D eigenvalue weighted by atomic mass is 9.90. The molecule has 0 bridgehead atoms. The summed E-state index contributed by atoms with van der Waals surface area (Å²) in [5.74, 6) is 1.44. The molecule has 20 heavy (non-hydrogen) atoms. The van der Waals surface area contributed by atoms with Gasteiger partial charge in [-0.1, -0.05) is 20.8 Å². The van der Waals surface area contributed by atoms with Crippen LogP contribution in [0.3, 0.4) is 0 Å². The predicted octanol–water partition coefficient (Wildman–Crippen LogP) is 4.61. The van der Waals surface area contributed by atoms with Gasteiger partial charge < -0.3 is 9.73 Å². The Morgan fingerprint density at radius 3 is 2.45 bits per heavy atom. The Hall–Kier alpha value is -1.61. The van der Waals surface area contributed by atoms with Gasteiger partial charge in [-0.2, -0.15) is 0 Å². The zero-order valence-corrected chi connectivity index (χ0v) is 12.4. The molecule has 2 nitrogen and oxygen atoms in total. The molecule has 0 saturated heterocycles. The molecule has 108 valence electrons. The Balaban J connectivity index is 1.94. The Morgan fingerprint density at radius 1 is 1.10 bits per heavy atom. The maximum absolute atomic E-state index is 12.9. The van der Waals surface area contributed by atoms with Crippen LogP contribution in [0.4, 0.5) is 4.39 Å². The molecule has 1 aromatic carbocycles. The molecule has 0 amide bonds. The number of rotatable bonds is 6. The van der Waals surface area contributed by atoms with Gasteiger partial charge in [-0.05, 0) is 48.2 Å². The van der Waals surface area contributed by atoms with E-state index in [2.05, 4.69) is 26.1 Å². The maximum Gasteiger partial charge on any atom is 0.134 e. The quantitative estimate of drug-likeness (QED) is 0.832. The van der Waals surface area contributed by atoms with Gasteiger partial charge in [-0.15, -0.1) is 0 Å². The van der Waals surface area contributed by atoms with E-state index in [1.54, 1.807) is 12.1 Å². The lowest BCUT2D eigenvalue weighted by molar-refractivity contribution is 0.321. The normalized spacial score (nSPS) is 11.8. The van der Waals surface area contributed by atoms with E-state index < -0.39 is 0 Å². The third-order valence-electron chi connectivity index (χ3n) is 3.65. The summed E-state index contributed by atoms with van der Waals surface area (Å²) in [6.07, 6.45) is 1.14.